The third-order valence-electron chi connectivity index (χ3n) is 5.05. The van der Waals surface area contributed by atoms with Crippen LogP contribution in [0.5, 0.6) is 0 Å². The van der Waals surface area contributed by atoms with Crippen LogP contribution in [0.2, 0.25) is 0 Å². The van der Waals surface area contributed by atoms with E-state index in [4.69, 9.17) is 0 Å². The van der Waals surface area contributed by atoms with Crippen molar-refractivity contribution < 1.29 is 0 Å². The lowest BCUT2D eigenvalue weighted by Crippen LogP contribution is -2.19. The zero-order valence-electron chi connectivity index (χ0n) is 16.0. The lowest BCUT2D eigenvalue weighted by atomic mass is 9.78. The van der Waals surface area contributed by atoms with E-state index in [0.29, 0.717) is 0 Å². The van der Waals surface area contributed by atoms with Gasteiger partial charge in [-0.15, -0.1) is 0 Å². The molecule has 0 heterocycles. The summed E-state index contributed by atoms with van der Waals surface area (Å²) in [6, 6.07) is 0. The highest BCUT2D eigenvalue weighted by Crippen LogP contribution is 2.50. The minimum atomic E-state index is 0.833. The molecule has 0 saturated heterocycles. The van der Waals surface area contributed by atoms with Crippen LogP contribution in [0.3, 0.4) is 0 Å². The summed E-state index contributed by atoms with van der Waals surface area (Å²) >= 11 is 0. The third kappa shape index (κ3) is 6.64. The fraction of sp³-hybridized carbons (Fsp3) is 1.00. The first-order valence-electron chi connectivity index (χ1n) is 9.07. The summed E-state index contributed by atoms with van der Waals surface area (Å²) in [6.07, 6.45) is 2.88. The molecule has 0 bridgehead atoms. The first kappa shape index (κ1) is 20.0. The lowest BCUT2D eigenvalue weighted by Gasteiger charge is -2.27. The van der Waals surface area contributed by atoms with Gasteiger partial charge in [-0.25, -0.2) is 0 Å². The molecule has 20 heavy (non-hydrogen) atoms. The van der Waals surface area contributed by atoms with Gasteiger partial charge >= 0.3 is 0 Å². The van der Waals surface area contributed by atoms with Crippen LogP contribution < -0.4 is 0 Å². The van der Waals surface area contributed by atoms with Gasteiger partial charge < -0.3 is 0 Å². The summed E-state index contributed by atoms with van der Waals surface area (Å²) in [5, 5.41) is 0. The van der Waals surface area contributed by atoms with Crippen molar-refractivity contribution >= 4 is 0 Å². The van der Waals surface area contributed by atoms with Gasteiger partial charge in [0.2, 0.25) is 0 Å². The van der Waals surface area contributed by atoms with E-state index in [2.05, 4.69) is 69.2 Å². The number of hydrogen-bond acceptors (Lipinski definition) is 0. The predicted octanol–water partition coefficient (Wildman–Crippen LogP) is 6.90. The van der Waals surface area contributed by atoms with Crippen molar-refractivity contribution in [1.82, 2.24) is 0 Å². The molecule has 0 aliphatic heterocycles. The van der Waals surface area contributed by atoms with E-state index in [1.807, 2.05) is 0 Å². The maximum absolute atomic E-state index is 2.49. The Kier molecular flexibility index (Phi) is 9.11. The van der Waals surface area contributed by atoms with Crippen molar-refractivity contribution in [2.45, 2.75) is 82.1 Å². The zero-order chi connectivity index (χ0) is 16.0. The largest absolute Gasteiger partial charge is 0.0630 e. The lowest BCUT2D eigenvalue weighted by molar-refractivity contribution is 0.220. The van der Waals surface area contributed by atoms with Crippen LogP contribution in [0.25, 0.3) is 0 Å². The second-order valence-electron chi connectivity index (χ2n) is 8.90. The Morgan fingerprint density at radius 1 is 0.550 bits per heavy atom. The minimum Gasteiger partial charge on any atom is -0.0630 e. The van der Waals surface area contributed by atoms with E-state index < -0.39 is 0 Å². The molecule has 4 atom stereocenters. The summed E-state index contributed by atoms with van der Waals surface area (Å²) in [6.45, 7) is 23.5. The molecule has 1 rings (SSSR count). The maximum atomic E-state index is 2.49. The SMILES string of the molecule is CC(C)C.CC(C)CC1C(C)C(C)C(C)C1CC(C)C. The van der Waals surface area contributed by atoms with Crippen LogP contribution in [0.15, 0.2) is 0 Å². The molecule has 0 heteroatoms. The fourth-order valence-electron chi connectivity index (χ4n) is 3.91. The second-order valence-corrected chi connectivity index (χ2v) is 8.90. The molecule has 0 amide bonds. The molecule has 1 fully saturated rings. The molecule has 4 unspecified atom stereocenters. The standard InChI is InChI=1S/C16H32.C4H10/c1-10(2)8-15-13(6)12(5)14(7)16(15)9-11(3)4;1-4(2)3/h10-16H,8-9H2,1-7H3;4H,1-3H3. The Bertz CT molecular complexity index is 214. The Balaban J connectivity index is 0.000000796. The molecule has 0 spiro atoms. The van der Waals surface area contributed by atoms with E-state index >= 15 is 0 Å². The Morgan fingerprint density at radius 2 is 0.800 bits per heavy atom. The average Bonchev–Trinajstić information content (AvgIpc) is 2.45. The summed E-state index contributed by atoms with van der Waals surface area (Å²) < 4.78 is 0. The first-order valence-corrected chi connectivity index (χ1v) is 9.07. The monoisotopic (exact) mass is 282 g/mol. The van der Waals surface area contributed by atoms with Crippen molar-refractivity contribution in [1.29, 1.82) is 0 Å². The van der Waals surface area contributed by atoms with Crippen molar-refractivity contribution in [3.8, 4) is 0 Å². The van der Waals surface area contributed by atoms with Crippen LogP contribution in [0.1, 0.15) is 82.1 Å². The molecule has 0 nitrogen and oxygen atoms in total. The van der Waals surface area contributed by atoms with Crippen molar-refractivity contribution in [3.63, 3.8) is 0 Å². The van der Waals surface area contributed by atoms with Gasteiger partial charge in [-0.05, 0) is 60.2 Å². The smallest absolute Gasteiger partial charge is 0.0352 e. The quantitative estimate of drug-likeness (QED) is 0.526. The van der Waals surface area contributed by atoms with E-state index in [1.54, 1.807) is 0 Å². The fourth-order valence-corrected chi connectivity index (χ4v) is 3.91. The molecule has 1 aliphatic carbocycles. The molecule has 0 radical (unpaired) electrons. The highest BCUT2D eigenvalue weighted by molar-refractivity contribution is 4.92. The van der Waals surface area contributed by atoms with Crippen molar-refractivity contribution in [2.75, 3.05) is 0 Å². The van der Waals surface area contributed by atoms with Gasteiger partial charge in [-0.1, -0.05) is 69.2 Å². The highest BCUT2D eigenvalue weighted by Gasteiger charge is 2.43. The van der Waals surface area contributed by atoms with Crippen LogP contribution >= 0.6 is 0 Å². The van der Waals surface area contributed by atoms with E-state index in [0.717, 1.165) is 47.3 Å². The van der Waals surface area contributed by atoms with Gasteiger partial charge in [0, 0.05) is 0 Å². The van der Waals surface area contributed by atoms with Gasteiger partial charge in [-0.2, -0.15) is 0 Å². The molecule has 0 N–H and O–H groups in total. The summed E-state index contributed by atoms with van der Waals surface area (Å²) in [5.41, 5.74) is 0. The Labute approximate surface area is 130 Å². The summed E-state index contributed by atoms with van der Waals surface area (Å²) in [4.78, 5) is 0. The molecule has 1 saturated carbocycles. The van der Waals surface area contributed by atoms with Gasteiger partial charge in [0.1, 0.15) is 0 Å². The van der Waals surface area contributed by atoms with Crippen LogP contribution in [-0.4, -0.2) is 0 Å². The van der Waals surface area contributed by atoms with Crippen molar-refractivity contribution in [3.05, 3.63) is 0 Å². The Hall–Kier alpha value is 0. The molecular weight excluding hydrogens is 240 g/mol. The number of hydrogen-bond donors (Lipinski definition) is 0. The molecule has 122 valence electrons. The third-order valence-corrected chi connectivity index (χ3v) is 5.05. The van der Waals surface area contributed by atoms with Gasteiger partial charge in [-0.3, -0.25) is 0 Å². The van der Waals surface area contributed by atoms with E-state index in [1.165, 1.54) is 12.8 Å². The first-order chi connectivity index (χ1) is 9.07. The van der Waals surface area contributed by atoms with Crippen LogP contribution in [-0.2, 0) is 0 Å². The minimum absolute atomic E-state index is 0.833. The van der Waals surface area contributed by atoms with Crippen molar-refractivity contribution in [2.24, 2.45) is 47.3 Å². The zero-order valence-corrected chi connectivity index (χ0v) is 16.0. The maximum Gasteiger partial charge on any atom is -0.0352 e. The molecule has 0 aromatic heterocycles. The second kappa shape index (κ2) is 9.11. The molecule has 0 aromatic carbocycles. The summed E-state index contributed by atoms with van der Waals surface area (Å²) in [7, 11) is 0. The summed E-state index contributed by atoms with van der Waals surface area (Å²) in [5.74, 6) is 7.30. The van der Waals surface area contributed by atoms with Gasteiger partial charge in [0.15, 0.2) is 0 Å². The van der Waals surface area contributed by atoms with E-state index in [9.17, 15) is 0 Å². The predicted molar refractivity (Wildman–Crippen MR) is 93.9 cm³/mol. The average molecular weight is 283 g/mol. The van der Waals surface area contributed by atoms with E-state index in [-0.39, 0.29) is 0 Å². The van der Waals surface area contributed by atoms with Gasteiger partial charge in [0.05, 0.1) is 0 Å². The highest BCUT2D eigenvalue weighted by atomic mass is 14.5. The van der Waals surface area contributed by atoms with Gasteiger partial charge in [0.25, 0.3) is 0 Å². The number of rotatable bonds is 4. The normalized spacial score (nSPS) is 33.8. The topological polar surface area (TPSA) is 0 Å². The van der Waals surface area contributed by atoms with Crippen LogP contribution in [0.4, 0.5) is 0 Å². The molecule has 0 aromatic rings. The molecular formula is C20H42. The Morgan fingerprint density at radius 3 is 1.00 bits per heavy atom. The van der Waals surface area contributed by atoms with Crippen LogP contribution in [0, 0.1) is 47.3 Å². The molecule has 1 aliphatic rings.